The van der Waals surface area contributed by atoms with Crippen LogP contribution in [-0.4, -0.2) is 0 Å². The number of furan rings is 1. The van der Waals surface area contributed by atoms with Crippen molar-refractivity contribution in [3.8, 4) is 22.3 Å². The summed E-state index contributed by atoms with van der Waals surface area (Å²) < 4.78 is 51.2. The van der Waals surface area contributed by atoms with Gasteiger partial charge >= 0.3 is 6.18 Å². The molecule has 5 aromatic carbocycles. The van der Waals surface area contributed by atoms with E-state index in [9.17, 15) is 13.2 Å². The van der Waals surface area contributed by atoms with Gasteiger partial charge in [-0.25, -0.2) is 0 Å². The maximum Gasteiger partial charge on any atom is 0.417 e. The molecule has 0 aliphatic heterocycles. The standard InChI is InChI=1S/C49H41F3O/c1-3-17-32-31(4-2)44(34-21-10-9-20-33(34)43(32)30-18-7-5-6-8-19-30)39-26-16-29-42-46(39)41-28-15-27-40(48(41)53-42)45-35-22-11-13-24-37(35)47(49(50,51)52)38-25-14-12-23-36(38)45/h3,5,7-8,10-13,15-17,19,21-24,26-30H,4,6,9,14,18,20,25H2,1-2H3/b17-3-. The molecule has 6 aromatic rings. The highest BCUT2D eigenvalue weighted by molar-refractivity contribution is 6.18. The molecule has 4 heteroatoms. The Morgan fingerprint density at radius 2 is 1.47 bits per heavy atom. The molecule has 1 unspecified atom stereocenters. The summed E-state index contributed by atoms with van der Waals surface area (Å²) in [5.74, 6) is 0.311. The Balaban J connectivity index is 1.36. The minimum atomic E-state index is -4.47. The molecule has 264 valence electrons. The molecule has 1 nitrogen and oxygen atoms in total. The van der Waals surface area contributed by atoms with Crippen molar-refractivity contribution in [1.82, 2.24) is 0 Å². The second-order valence-corrected chi connectivity index (χ2v) is 14.4. The Kier molecular flexibility index (Phi) is 8.37. The van der Waals surface area contributed by atoms with Gasteiger partial charge in [-0.1, -0.05) is 122 Å². The lowest BCUT2D eigenvalue weighted by Gasteiger charge is -2.29. The van der Waals surface area contributed by atoms with Gasteiger partial charge in [-0.05, 0) is 119 Å². The second kappa shape index (κ2) is 13.3. The van der Waals surface area contributed by atoms with Gasteiger partial charge in [0, 0.05) is 27.8 Å². The normalized spacial score (nSPS) is 17.0. The zero-order valence-electron chi connectivity index (χ0n) is 30.1. The first-order chi connectivity index (χ1) is 25.9. The molecule has 0 bridgehead atoms. The van der Waals surface area contributed by atoms with Crippen LogP contribution >= 0.6 is 0 Å². The Labute approximate surface area is 308 Å². The molecule has 9 rings (SSSR count). The summed E-state index contributed by atoms with van der Waals surface area (Å²) in [6.45, 7) is 4.37. The van der Waals surface area contributed by atoms with E-state index in [0.717, 1.165) is 65.1 Å². The summed E-state index contributed by atoms with van der Waals surface area (Å²) in [5.41, 5.74) is 12.8. The van der Waals surface area contributed by atoms with Gasteiger partial charge < -0.3 is 4.42 Å². The lowest BCUT2D eigenvalue weighted by atomic mass is 9.75. The number of benzene rings is 5. The summed E-state index contributed by atoms with van der Waals surface area (Å²) in [6, 6.07) is 19.5. The van der Waals surface area contributed by atoms with E-state index in [1.165, 1.54) is 33.4 Å². The molecule has 0 fully saturated rings. The summed E-state index contributed by atoms with van der Waals surface area (Å²) in [4.78, 5) is 0. The smallest absolute Gasteiger partial charge is 0.417 e. The first-order valence-electron chi connectivity index (χ1n) is 19.0. The number of fused-ring (bicyclic) bond motifs is 6. The summed E-state index contributed by atoms with van der Waals surface area (Å²) in [7, 11) is 0. The van der Waals surface area contributed by atoms with E-state index in [-0.39, 0.29) is 5.39 Å². The lowest BCUT2D eigenvalue weighted by Crippen LogP contribution is -2.14. The fourth-order valence-corrected chi connectivity index (χ4v) is 9.46. The minimum Gasteiger partial charge on any atom is -0.455 e. The van der Waals surface area contributed by atoms with Crippen molar-refractivity contribution >= 4 is 50.9 Å². The third-order valence-electron chi connectivity index (χ3n) is 11.5. The Bertz CT molecular complexity index is 2600. The first-order valence-corrected chi connectivity index (χ1v) is 19.0. The van der Waals surface area contributed by atoms with Crippen LogP contribution in [0.25, 0.3) is 73.2 Å². The minimum absolute atomic E-state index is 0.236. The van der Waals surface area contributed by atoms with Crippen LogP contribution in [0.5, 0.6) is 0 Å². The van der Waals surface area contributed by atoms with Gasteiger partial charge in [0.05, 0.1) is 5.56 Å². The average Bonchev–Trinajstić information content (AvgIpc) is 3.35. The zero-order chi connectivity index (χ0) is 36.3. The number of hydrogen-bond donors (Lipinski definition) is 0. The van der Waals surface area contributed by atoms with E-state index >= 15 is 0 Å². The van der Waals surface area contributed by atoms with Crippen molar-refractivity contribution in [1.29, 1.82) is 0 Å². The van der Waals surface area contributed by atoms with E-state index < -0.39 is 11.7 Å². The average molecular weight is 703 g/mol. The van der Waals surface area contributed by atoms with E-state index in [0.29, 0.717) is 40.9 Å². The quantitative estimate of drug-likeness (QED) is 0.163. The Hall–Kier alpha value is -5.35. The van der Waals surface area contributed by atoms with E-state index in [1.54, 1.807) is 12.1 Å². The van der Waals surface area contributed by atoms with Crippen LogP contribution in [0.15, 0.2) is 108 Å². The predicted molar refractivity (Wildman–Crippen MR) is 216 cm³/mol. The Morgan fingerprint density at radius 3 is 2.25 bits per heavy atom. The van der Waals surface area contributed by atoms with Crippen molar-refractivity contribution in [2.75, 3.05) is 0 Å². The van der Waals surface area contributed by atoms with Gasteiger partial charge in [0.2, 0.25) is 0 Å². The van der Waals surface area contributed by atoms with E-state index in [4.69, 9.17) is 4.42 Å². The number of rotatable bonds is 5. The van der Waals surface area contributed by atoms with Gasteiger partial charge in [0.1, 0.15) is 11.2 Å². The molecule has 1 aromatic heterocycles. The molecule has 3 aliphatic rings. The first kappa shape index (κ1) is 33.5. The number of para-hydroxylation sites is 1. The second-order valence-electron chi connectivity index (χ2n) is 14.4. The largest absolute Gasteiger partial charge is 0.455 e. The van der Waals surface area contributed by atoms with Crippen molar-refractivity contribution in [2.45, 2.75) is 70.9 Å². The third kappa shape index (κ3) is 5.37. The molecule has 0 radical (unpaired) electrons. The molecule has 1 atom stereocenters. The summed E-state index contributed by atoms with van der Waals surface area (Å²) >= 11 is 0. The highest BCUT2D eigenvalue weighted by atomic mass is 19.4. The zero-order valence-corrected chi connectivity index (χ0v) is 30.1. The molecule has 0 amide bonds. The van der Waals surface area contributed by atoms with Crippen LogP contribution < -0.4 is 0 Å². The molecule has 0 spiro atoms. The molecule has 0 N–H and O–H groups in total. The number of halogens is 3. The SMILES string of the molecule is C/C=C\c1c(CC)c(-c2cccc3oc4c(-c5c6c(c(C(F)(F)F)c7ccccc57)CCC=C6)cccc4c23)c2c(c1C1C=CCC=CC1)CCC=C2. The highest BCUT2D eigenvalue weighted by Crippen LogP contribution is 2.51. The monoisotopic (exact) mass is 702 g/mol. The van der Waals surface area contributed by atoms with Crippen LogP contribution in [0.1, 0.15) is 90.0 Å². The van der Waals surface area contributed by atoms with Crippen LogP contribution in [0.4, 0.5) is 13.2 Å². The fraction of sp³-hybridized carbons (Fsp3) is 0.224. The highest BCUT2D eigenvalue weighted by Gasteiger charge is 2.38. The molecular formula is C49H41F3O. The molecule has 0 saturated carbocycles. The van der Waals surface area contributed by atoms with Gasteiger partial charge in [-0.3, -0.25) is 0 Å². The van der Waals surface area contributed by atoms with Crippen molar-refractivity contribution in [3.05, 3.63) is 148 Å². The summed E-state index contributed by atoms with van der Waals surface area (Å²) in [6.07, 6.45) is 23.6. The molecule has 3 aliphatic carbocycles. The summed E-state index contributed by atoms with van der Waals surface area (Å²) in [5, 5.41) is 2.83. The third-order valence-corrected chi connectivity index (χ3v) is 11.5. The van der Waals surface area contributed by atoms with Crippen molar-refractivity contribution < 1.29 is 17.6 Å². The van der Waals surface area contributed by atoms with Crippen LogP contribution in [-0.2, 0) is 25.4 Å². The fourth-order valence-electron chi connectivity index (χ4n) is 9.46. The molecular weight excluding hydrogens is 662 g/mol. The van der Waals surface area contributed by atoms with Gasteiger partial charge in [0.15, 0.2) is 0 Å². The molecule has 53 heavy (non-hydrogen) atoms. The van der Waals surface area contributed by atoms with E-state index in [2.05, 4.69) is 80.7 Å². The van der Waals surface area contributed by atoms with E-state index in [1.807, 2.05) is 42.5 Å². The van der Waals surface area contributed by atoms with Crippen LogP contribution in [0, 0.1) is 0 Å². The Morgan fingerprint density at radius 1 is 0.755 bits per heavy atom. The topological polar surface area (TPSA) is 13.1 Å². The van der Waals surface area contributed by atoms with Gasteiger partial charge in [0.25, 0.3) is 0 Å². The molecule has 0 saturated heterocycles. The van der Waals surface area contributed by atoms with Crippen molar-refractivity contribution in [3.63, 3.8) is 0 Å². The van der Waals surface area contributed by atoms with Crippen LogP contribution in [0.3, 0.4) is 0 Å². The number of hydrogen-bond acceptors (Lipinski definition) is 1. The predicted octanol–water partition coefficient (Wildman–Crippen LogP) is 14.6. The van der Waals surface area contributed by atoms with Crippen LogP contribution in [0.2, 0.25) is 0 Å². The lowest BCUT2D eigenvalue weighted by molar-refractivity contribution is -0.136. The maximum atomic E-state index is 14.8. The maximum absolute atomic E-state index is 14.8. The number of allylic oxidation sites excluding steroid dienone is 7. The molecule has 1 heterocycles. The van der Waals surface area contributed by atoms with Crippen molar-refractivity contribution in [2.24, 2.45) is 0 Å². The van der Waals surface area contributed by atoms with Gasteiger partial charge in [-0.2, -0.15) is 13.2 Å². The number of alkyl halides is 3. The van der Waals surface area contributed by atoms with Gasteiger partial charge in [-0.15, -0.1) is 0 Å².